The number of halogens is 2. The fraction of sp³-hybridized carbons (Fsp3) is 0.167. The van der Waals surface area contributed by atoms with Gasteiger partial charge in [0.05, 0.1) is 38.1 Å². The number of amides is 1. The maximum atomic E-state index is 13.7. The molecule has 0 aliphatic rings. The van der Waals surface area contributed by atoms with E-state index in [0.29, 0.717) is 16.3 Å². The largest absolute Gasteiger partial charge is 0.495 e. The molecule has 190 valence electrons. The number of anilines is 1. The second-order valence-electron chi connectivity index (χ2n) is 7.19. The minimum absolute atomic E-state index is 0.0637. The number of ether oxygens (including phenoxy) is 3. The number of carbonyl (C=O) groups excluding carboxylic acids is 1. The number of rotatable bonds is 10. The van der Waals surface area contributed by atoms with Crippen LogP contribution in [-0.2, 0) is 14.8 Å². The molecular weight excluding hydrogens is 529 g/mol. The van der Waals surface area contributed by atoms with E-state index in [1.54, 1.807) is 30.3 Å². The van der Waals surface area contributed by atoms with Crippen LogP contribution >= 0.6 is 23.2 Å². The van der Waals surface area contributed by atoms with Crippen LogP contribution in [0.15, 0.2) is 70.7 Å². The van der Waals surface area contributed by atoms with Crippen molar-refractivity contribution in [2.75, 3.05) is 32.2 Å². The Kier molecular flexibility index (Phi) is 9.03. The molecule has 36 heavy (non-hydrogen) atoms. The van der Waals surface area contributed by atoms with Crippen molar-refractivity contribution in [3.63, 3.8) is 0 Å². The molecule has 9 nitrogen and oxygen atoms in total. The van der Waals surface area contributed by atoms with Crippen molar-refractivity contribution >= 4 is 51.0 Å². The molecule has 3 rings (SSSR count). The monoisotopic (exact) mass is 551 g/mol. The molecule has 3 aromatic carbocycles. The molecule has 0 unspecified atom stereocenters. The van der Waals surface area contributed by atoms with Gasteiger partial charge in [0.1, 0.15) is 12.3 Å². The van der Waals surface area contributed by atoms with E-state index in [2.05, 4.69) is 10.5 Å². The molecule has 12 heteroatoms. The molecule has 1 N–H and O–H groups in total. The third-order valence-corrected chi connectivity index (χ3v) is 7.12. The highest BCUT2D eigenvalue weighted by molar-refractivity contribution is 7.92. The second-order valence-corrected chi connectivity index (χ2v) is 9.93. The number of nitrogens with one attached hydrogen (secondary N) is 1. The number of carbonyl (C=O) groups is 1. The summed E-state index contributed by atoms with van der Waals surface area (Å²) in [6.07, 6.45) is 1.39. The average molecular weight is 552 g/mol. The van der Waals surface area contributed by atoms with Crippen molar-refractivity contribution in [3.05, 3.63) is 76.3 Å². The third kappa shape index (κ3) is 6.39. The second kappa shape index (κ2) is 12.0. The predicted molar refractivity (Wildman–Crippen MR) is 139 cm³/mol. The summed E-state index contributed by atoms with van der Waals surface area (Å²) in [5.74, 6) is 0.0293. The summed E-state index contributed by atoms with van der Waals surface area (Å²) < 4.78 is 44.2. The molecule has 0 heterocycles. The van der Waals surface area contributed by atoms with Crippen LogP contribution in [-0.4, -0.2) is 48.4 Å². The lowest BCUT2D eigenvalue weighted by Crippen LogP contribution is -2.39. The molecule has 0 aromatic heterocycles. The summed E-state index contributed by atoms with van der Waals surface area (Å²) in [5, 5.41) is 4.65. The van der Waals surface area contributed by atoms with E-state index >= 15 is 0 Å². The standard InChI is InChI=1S/C24H23Cl2N3O6S/c1-33-21-9-7-18(26)12-20(21)29(15-24(30)28-27-14-16-5-4-6-17(25)11-16)36(31,32)19-8-10-22(34-2)23(13-19)35-3/h4-14H,15H2,1-3H3,(H,28,30)/b27-14-. The van der Waals surface area contributed by atoms with Gasteiger partial charge in [-0.2, -0.15) is 5.10 Å². The molecule has 0 fully saturated rings. The molecule has 0 saturated carbocycles. The van der Waals surface area contributed by atoms with Gasteiger partial charge in [0, 0.05) is 16.1 Å². The van der Waals surface area contributed by atoms with Gasteiger partial charge in [0.2, 0.25) is 0 Å². The molecule has 0 atom stereocenters. The number of hydrogen-bond acceptors (Lipinski definition) is 7. The molecule has 0 saturated heterocycles. The van der Waals surface area contributed by atoms with Gasteiger partial charge in [-0.3, -0.25) is 9.10 Å². The van der Waals surface area contributed by atoms with E-state index < -0.39 is 22.5 Å². The molecule has 1 amide bonds. The molecular formula is C24H23Cl2N3O6S. The number of nitrogens with zero attached hydrogens (tertiary/aromatic N) is 2. The van der Waals surface area contributed by atoms with Gasteiger partial charge in [-0.05, 0) is 48.0 Å². The Labute approximate surface area is 219 Å². The Morgan fingerprint density at radius 3 is 2.25 bits per heavy atom. The van der Waals surface area contributed by atoms with E-state index in [1.165, 1.54) is 57.9 Å². The van der Waals surface area contributed by atoms with Crippen LogP contribution in [0, 0.1) is 0 Å². The molecule has 0 aliphatic carbocycles. The maximum Gasteiger partial charge on any atom is 0.265 e. The van der Waals surface area contributed by atoms with E-state index in [9.17, 15) is 13.2 Å². The zero-order valence-electron chi connectivity index (χ0n) is 19.6. The van der Waals surface area contributed by atoms with Gasteiger partial charge in [0.25, 0.3) is 15.9 Å². The summed E-state index contributed by atoms with van der Waals surface area (Å²) in [4.78, 5) is 12.7. The minimum atomic E-state index is -4.31. The van der Waals surface area contributed by atoms with Crippen LogP contribution in [0.25, 0.3) is 0 Å². The fourth-order valence-corrected chi connectivity index (χ4v) is 5.00. The van der Waals surface area contributed by atoms with Gasteiger partial charge in [-0.1, -0.05) is 35.3 Å². The van der Waals surface area contributed by atoms with Crippen molar-refractivity contribution < 1.29 is 27.4 Å². The summed E-state index contributed by atoms with van der Waals surface area (Å²) in [7, 11) is -0.111. The molecule has 0 aliphatic heterocycles. The Bertz CT molecular complexity index is 1380. The molecule has 3 aromatic rings. The molecule has 0 bridgehead atoms. The average Bonchev–Trinajstić information content (AvgIpc) is 2.86. The Morgan fingerprint density at radius 1 is 0.917 bits per heavy atom. The number of benzene rings is 3. The fourth-order valence-electron chi connectivity index (χ4n) is 3.19. The Hall–Kier alpha value is -3.47. The van der Waals surface area contributed by atoms with Crippen LogP contribution in [0.5, 0.6) is 17.2 Å². The molecule has 0 spiro atoms. The lowest BCUT2D eigenvalue weighted by atomic mass is 10.2. The van der Waals surface area contributed by atoms with Crippen molar-refractivity contribution in [1.29, 1.82) is 0 Å². The van der Waals surface area contributed by atoms with E-state index in [0.717, 1.165) is 4.31 Å². The van der Waals surface area contributed by atoms with E-state index in [-0.39, 0.29) is 27.1 Å². The number of hydrogen-bond donors (Lipinski definition) is 1. The Morgan fingerprint density at radius 2 is 1.58 bits per heavy atom. The third-order valence-electron chi connectivity index (χ3n) is 4.89. The van der Waals surface area contributed by atoms with Crippen molar-refractivity contribution in [2.24, 2.45) is 5.10 Å². The number of methoxy groups -OCH3 is 3. The summed E-state index contributed by atoms with van der Waals surface area (Å²) >= 11 is 12.1. The summed E-state index contributed by atoms with van der Waals surface area (Å²) in [6.45, 7) is -0.625. The van der Waals surface area contributed by atoms with E-state index in [4.69, 9.17) is 37.4 Å². The first kappa shape index (κ1) is 27.1. The van der Waals surface area contributed by atoms with E-state index in [1.807, 2.05) is 0 Å². The molecule has 0 radical (unpaired) electrons. The zero-order valence-corrected chi connectivity index (χ0v) is 21.9. The highest BCUT2D eigenvalue weighted by Gasteiger charge is 2.30. The predicted octanol–water partition coefficient (Wildman–Crippen LogP) is 4.36. The number of sulfonamides is 1. The van der Waals surface area contributed by atoms with Crippen molar-refractivity contribution in [2.45, 2.75) is 4.90 Å². The summed E-state index contributed by atoms with van der Waals surface area (Å²) in [6, 6.07) is 15.4. The van der Waals surface area contributed by atoms with Gasteiger partial charge in [0.15, 0.2) is 11.5 Å². The van der Waals surface area contributed by atoms with Crippen LogP contribution in [0.2, 0.25) is 10.0 Å². The van der Waals surface area contributed by atoms with Crippen molar-refractivity contribution in [1.82, 2.24) is 5.43 Å². The van der Waals surface area contributed by atoms with Crippen LogP contribution < -0.4 is 23.9 Å². The van der Waals surface area contributed by atoms with Gasteiger partial charge >= 0.3 is 0 Å². The number of hydrazone groups is 1. The summed E-state index contributed by atoms with van der Waals surface area (Å²) in [5.41, 5.74) is 3.04. The topological polar surface area (TPSA) is 107 Å². The smallest absolute Gasteiger partial charge is 0.265 e. The first-order chi connectivity index (χ1) is 17.2. The van der Waals surface area contributed by atoms with Crippen LogP contribution in [0.4, 0.5) is 5.69 Å². The Balaban J connectivity index is 1.98. The zero-order chi connectivity index (χ0) is 26.3. The lowest BCUT2D eigenvalue weighted by molar-refractivity contribution is -0.119. The van der Waals surface area contributed by atoms with Gasteiger partial charge < -0.3 is 14.2 Å². The first-order valence-electron chi connectivity index (χ1n) is 10.4. The van der Waals surface area contributed by atoms with Gasteiger partial charge in [-0.15, -0.1) is 0 Å². The lowest BCUT2D eigenvalue weighted by Gasteiger charge is -2.25. The first-order valence-corrected chi connectivity index (χ1v) is 12.5. The highest BCUT2D eigenvalue weighted by Crippen LogP contribution is 2.36. The normalized spacial score (nSPS) is 11.2. The highest BCUT2D eigenvalue weighted by atomic mass is 35.5. The van der Waals surface area contributed by atoms with Crippen LogP contribution in [0.3, 0.4) is 0 Å². The van der Waals surface area contributed by atoms with Crippen molar-refractivity contribution in [3.8, 4) is 17.2 Å². The maximum absolute atomic E-state index is 13.7. The van der Waals surface area contributed by atoms with Gasteiger partial charge in [-0.25, -0.2) is 13.8 Å². The minimum Gasteiger partial charge on any atom is -0.495 e. The van der Waals surface area contributed by atoms with Crippen LogP contribution in [0.1, 0.15) is 5.56 Å². The SMILES string of the molecule is COc1ccc(S(=O)(=O)N(CC(=O)N/N=C\c2cccc(Cl)c2)c2cc(Cl)ccc2OC)cc1OC. The quantitative estimate of drug-likeness (QED) is 0.296.